The van der Waals surface area contributed by atoms with Gasteiger partial charge in [0, 0.05) is 13.1 Å². The van der Waals surface area contributed by atoms with Gasteiger partial charge in [-0.3, -0.25) is 9.59 Å². The summed E-state index contributed by atoms with van der Waals surface area (Å²) in [5.74, 6) is -0.658. The first-order valence-electron chi connectivity index (χ1n) is 3.87. The molecule has 2 N–H and O–H groups in total. The summed E-state index contributed by atoms with van der Waals surface area (Å²) in [6, 6.07) is 2.86. The summed E-state index contributed by atoms with van der Waals surface area (Å²) >= 11 is 0. The van der Waals surface area contributed by atoms with Gasteiger partial charge in [-0.15, -0.1) is 0 Å². The Morgan fingerprint density at radius 1 is 1.31 bits per heavy atom. The quantitative estimate of drug-likeness (QED) is 0.642. The molecule has 0 unspecified atom stereocenters. The van der Waals surface area contributed by atoms with Crippen LogP contribution in [0, 0.1) is 0 Å². The number of hydrogen-bond donors (Lipinski definition) is 1. The van der Waals surface area contributed by atoms with Crippen LogP contribution >= 0.6 is 0 Å². The number of carbonyl (C=O) groups excluding carboxylic acids is 2. The fourth-order valence-corrected chi connectivity index (χ4v) is 0.994. The second-order valence-electron chi connectivity index (χ2n) is 2.82. The fourth-order valence-electron chi connectivity index (χ4n) is 0.994. The number of furan rings is 1. The van der Waals surface area contributed by atoms with Crippen molar-refractivity contribution < 1.29 is 14.0 Å². The van der Waals surface area contributed by atoms with Crippen LogP contribution in [-0.4, -0.2) is 29.8 Å². The molecule has 0 aromatic carbocycles. The second kappa shape index (κ2) is 2.62. The summed E-state index contributed by atoms with van der Waals surface area (Å²) in [4.78, 5) is 23.5. The van der Waals surface area contributed by atoms with Crippen molar-refractivity contribution in [3.8, 4) is 0 Å². The molecule has 1 aliphatic rings. The minimum atomic E-state index is -0.662. The number of nitrogens with zero attached hydrogens (tertiary/aromatic N) is 1. The smallest absolute Gasteiger partial charge is 0.289 e. The SMILES string of the molecule is NC(=O)c1ccc(C(=O)N2CC2)o1. The van der Waals surface area contributed by atoms with Gasteiger partial charge < -0.3 is 15.1 Å². The highest BCUT2D eigenvalue weighted by molar-refractivity contribution is 5.95. The molecule has 13 heavy (non-hydrogen) atoms. The van der Waals surface area contributed by atoms with Gasteiger partial charge in [-0.05, 0) is 12.1 Å². The van der Waals surface area contributed by atoms with Crippen LogP contribution in [0.4, 0.5) is 0 Å². The van der Waals surface area contributed by atoms with Crippen molar-refractivity contribution in [2.45, 2.75) is 0 Å². The molecule has 5 nitrogen and oxygen atoms in total. The van der Waals surface area contributed by atoms with Gasteiger partial charge in [0.2, 0.25) is 0 Å². The topological polar surface area (TPSA) is 76.3 Å². The highest BCUT2D eigenvalue weighted by Crippen LogP contribution is 2.14. The molecule has 1 fully saturated rings. The van der Waals surface area contributed by atoms with E-state index in [0.29, 0.717) is 0 Å². The van der Waals surface area contributed by atoms with Crippen LogP contribution < -0.4 is 5.73 Å². The van der Waals surface area contributed by atoms with Gasteiger partial charge in [-0.2, -0.15) is 0 Å². The Kier molecular flexibility index (Phi) is 1.58. The lowest BCUT2D eigenvalue weighted by molar-refractivity contribution is 0.0850. The molecule has 5 heteroatoms. The molecule has 2 amide bonds. The van der Waals surface area contributed by atoms with Gasteiger partial charge >= 0.3 is 0 Å². The molecule has 2 heterocycles. The number of amides is 2. The summed E-state index contributed by atoms with van der Waals surface area (Å²) in [6.07, 6.45) is 0. The molecular formula is C8H8N2O3. The maximum atomic E-state index is 11.3. The predicted molar refractivity (Wildman–Crippen MR) is 43.1 cm³/mol. The van der Waals surface area contributed by atoms with Crippen molar-refractivity contribution in [1.29, 1.82) is 0 Å². The Labute approximate surface area is 74.1 Å². The number of rotatable bonds is 2. The number of primary amides is 1. The Morgan fingerprint density at radius 3 is 2.38 bits per heavy atom. The van der Waals surface area contributed by atoms with Gasteiger partial charge in [-0.25, -0.2) is 0 Å². The molecule has 1 aromatic heterocycles. The van der Waals surface area contributed by atoms with E-state index in [1.165, 1.54) is 12.1 Å². The maximum Gasteiger partial charge on any atom is 0.289 e. The predicted octanol–water partition coefficient (Wildman–Crippen LogP) is -0.166. The molecule has 0 atom stereocenters. The molecule has 0 aliphatic carbocycles. The van der Waals surface area contributed by atoms with E-state index in [-0.39, 0.29) is 17.4 Å². The molecule has 68 valence electrons. The lowest BCUT2D eigenvalue weighted by atomic mass is 10.4. The van der Waals surface area contributed by atoms with Gasteiger partial charge in [-0.1, -0.05) is 0 Å². The molecule has 0 bridgehead atoms. The van der Waals surface area contributed by atoms with Crippen LogP contribution in [-0.2, 0) is 0 Å². The van der Waals surface area contributed by atoms with Crippen molar-refractivity contribution in [3.63, 3.8) is 0 Å². The summed E-state index contributed by atoms with van der Waals surface area (Å²) in [6.45, 7) is 1.51. The Morgan fingerprint density at radius 2 is 1.92 bits per heavy atom. The molecule has 1 aromatic rings. The van der Waals surface area contributed by atoms with E-state index in [1.807, 2.05) is 0 Å². The Balaban J connectivity index is 2.21. The van der Waals surface area contributed by atoms with Crippen LogP contribution in [0.15, 0.2) is 16.5 Å². The average Bonchev–Trinajstić information content (AvgIpc) is 2.81. The van der Waals surface area contributed by atoms with Gasteiger partial charge in [0.25, 0.3) is 11.8 Å². The molecule has 0 saturated carbocycles. The molecule has 0 radical (unpaired) electrons. The van der Waals surface area contributed by atoms with Crippen molar-refractivity contribution in [1.82, 2.24) is 4.90 Å². The summed E-state index contributed by atoms with van der Waals surface area (Å²) in [5, 5.41) is 0. The summed E-state index contributed by atoms with van der Waals surface area (Å²) in [5.41, 5.74) is 4.96. The monoisotopic (exact) mass is 180 g/mol. The van der Waals surface area contributed by atoms with Gasteiger partial charge in [0.05, 0.1) is 0 Å². The van der Waals surface area contributed by atoms with E-state index in [9.17, 15) is 9.59 Å². The van der Waals surface area contributed by atoms with Crippen molar-refractivity contribution in [3.05, 3.63) is 23.7 Å². The first kappa shape index (κ1) is 7.85. The van der Waals surface area contributed by atoms with Crippen LogP contribution in [0.25, 0.3) is 0 Å². The van der Waals surface area contributed by atoms with Crippen LogP contribution in [0.1, 0.15) is 21.1 Å². The number of carbonyl (C=O) groups is 2. The average molecular weight is 180 g/mol. The van der Waals surface area contributed by atoms with E-state index < -0.39 is 5.91 Å². The van der Waals surface area contributed by atoms with Gasteiger partial charge in [0.15, 0.2) is 11.5 Å². The first-order valence-corrected chi connectivity index (χ1v) is 3.87. The third kappa shape index (κ3) is 1.40. The van der Waals surface area contributed by atoms with Crippen LogP contribution in [0.3, 0.4) is 0 Å². The normalized spacial score (nSPS) is 14.3. The van der Waals surface area contributed by atoms with Crippen LogP contribution in [0.5, 0.6) is 0 Å². The van der Waals surface area contributed by atoms with Crippen molar-refractivity contribution in [2.24, 2.45) is 5.73 Å². The first-order chi connectivity index (χ1) is 6.18. The number of nitrogens with two attached hydrogens (primary N) is 1. The standard InChI is InChI=1S/C8H8N2O3/c9-7(11)5-1-2-6(13-5)8(12)10-3-4-10/h1-2H,3-4H2,(H2,9,11). The minimum absolute atomic E-state index is 0.0187. The molecule has 2 rings (SSSR count). The fraction of sp³-hybridized carbons (Fsp3) is 0.250. The Bertz CT molecular complexity index is 365. The number of hydrogen-bond acceptors (Lipinski definition) is 3. The largest absolute Gasteiger partial charge is 0.446 e. The van der Waals surface area contributed by atoms with E-state index >= 15 is 0 Å². The maximum absolute atomic E-state index is 11.3. The Hall–Kier alpha value is -1.78. The van der Waals surface area contributed by atoms with Crippen molar-refractivity contribution >= 4 is 11.8 Å². The van der Waals surface area contributed by atoms with Crippen molar-refractivity contribution in [2.75, 3.05) is 13.1 Å². The van der Waals surface area contributed by atoms with Gasteiger partial charge in [0.1, 0.15) is 0 Å². The molecular weight excluding hydrogens is 172 g/mol. The molecule has 0 spiro atoms. The zero-order chi connectivity index (χ0) is 9.42. The summed E-state index contributed by atoms with van der Waals surface area (Å²) in [7, 11) is 0. The van der Waals surface area contributed by atoms with E-state index in [2.05, 4.69) is 0 Å². The zero-order valence-electron chi connectivity index (χ0n) is 6.82. The lowest BCUT2D eigenvalue weighted by Gasteiger charge is -1.95. The third-order valence-corrected chi connectivity index (χ3v) is 1.79. The van der Waals surface area contributed by atoms with E-state index in [0.717, 1.165) is 13.1 Å². The van der Waals surface area contributed by atoms with E-state index in [1.54, 1.807) is 4.90 Å². The minimum Gasteiger partial charge on any atom is -0.446 e. The third-order valence-electron chi connectivity index (χ3n) is 1.79. The lowest BCUT2D eigenvalue weighted by Crippen LogP contribution is -2.11. The van der Waals surface area contributed by atoms with Crippen LogP contribution in [0.2, 0.25) is 0 Å². The molecule has 1 saturated heterocycles. The highest BCUT2D eigenvalue weighted by atomic mass is 16.4. The molecule has 1 aliphatic heterocycles. The zero-order valence-corrected chi connectivity index (χ0v) is 6.82. The second-order valence-corrected chi connectivity index (χ2v) is 2.82. The highest BCUT2D eigenvalue weighted by Gasteiger charge is 2.27. The summed E-state index contributed by atoms with van der Waals surface area (Å²) < 4.78 is 4.94. The van der Waals surface area contributed by atoms with E-state index in [4.69, 9.17) is 10.2 Å².